The van der Waals surface area contributed by atoms with Gasteiger partial charge in [0.15, 0.2) is 5.96 Å². The number of hydrogen-bond donors (Lipinski definition) is 2. The van der Waals surface area contributed by atoms with Crippen molar-refractivity contribution in [2.24, 2.45) is 4.99 Å². The van der Waals surface area contributed by atoms with Crippen LogP contribution in [0.1, 0.15) is 64.7 Å². The van der Waals surface area contributed by atoms with E-state index in [9.17, 15) is 0 Å². The van der Waals surface area contributed by atoms with Crippen molar-refractivity contribution < 1.29 is 4.74 Å². The molecule has 1 heterocycles. The first-order valence-corrected chi connectivity index (χ1v) is 10.2. The van der Waals surface area contributed by atoms with Gasteiger partial charge in [0.25, 0.3) is 0 Å². The third kappa shape index (κ3) is 8.34. The fourth-order valence-electron chi connectivity index (χ4n) is 3.59. The van der Waals surface area contributed by atoms with Crippen LogP contribution in [0.15, 0.2) is 4.99 Å². The molecule has 0 aromatic rings. The summed E-state index contributed by atoms with van der Waals surface area (Å²) in [4.78, 5) is 7.23. The number of aliphatic imine (C=N–C) groups is 1. The van der Waals surface area contributed by atoms with Crippen LogP contribution in [0.2, 0.25) is 0 Å². The van der Waals surface area contributed by atoms with Crippen molar-refractivity contribution in [1.29, 1.82) is 0 Å². The van der Waals surface area contributed by atoms with E-state index in [4.69, 9.17) is 4.74 Å². The molecular formula is C19H38N4O. The van der Waals surface area contributed by atoms with Crippen LogP contribution in [-0.2, 0) is 4.74 Å². The average Bonchev–Trinajstić information content (AvgIpc) is 3.12. The van der Waals surface area contributed by atoms with E-state index in [1.165, 1.54) is 71.0 Å². The van der Waals surface area contributed by atoms with Crippen molar-refractivity contribution in [3.05, 3.63) is 0 Å². The standard InChI is InChI=1S/C19H38N4O/c1-2-20-19(21-12-8-16-23-14-6-7-15-23)22-13-9-17-24-18-10-4-3-5-11-18/h18H,2-17H2,1H3,(H2,20,21,22). The molecule has 0 amide bonds. The molecule has 0 radical (unpaired) electrons. The topological polar surface area (TPSA) is 48.9 Å². The summed E-state index contributed by atoms with van der Waals surface area (Å²) in [7, 11) is 0. The van der Waals surface area contributed by atoms with Crippen LogP contribution in [0.5, 0.6) is 0 Å². The van der Waals surface area contributed by atoms with Gasteiger partial charge in [-0.2, -0.15) is 0 Å². The summed E-state index contributed by atoms with van der Waals surface area (Å²) in [6, 6.07) is 0. The Bertz CT molecular complexity index is 336. The number of likely N-dealkylation sites (tertiary alicyclic amines) is 1. The summed E-state index contributed by atoms with van der Waals surface area (Å²) in [5.74, 6) is 0.955. The maximum Gasteiger partial charge on any atom is 0.191 e. The molecule has 5 heteroatoms. The molecular weight excluding hydrogens is 300 g/mol. The molecule has 0 atom stereocenters. The molecule has 1 aliphatic heterocycles. The SMILES string of the molecule is CCNC(=NCCCOC1CCCCC1)NCCCN1CCCC1. The Morgan fingerprint density at radius 3 is 2.58 bits per heavy atom. The predicted molar refractivity (Wildman–Crippen MR) is 102 cm³/mol. The quantitative estimate of drug-likeness (QED) is 0.365. The lowest BCUT2D eigenvalue weighted by Gasteiger charge is -2.21. The molecule has 1 saturated carbocycles. The van der Waals surface area contributed by atoms with E-state index in [-0.39, 0.29) is 0 Å². The van der Waals surface area contributed by atoms with Crippen molar-refractivity contribution in [3.8, 4) is 0 Å². The molecule has 2 rings (SSSR count). The van der Waals surface area contributed by atoms with Crippen molar-refractivity contribution in [1.82, 2.24) is 15.5 Å². The second-order valence-corrected chi connectivity index (χ2v) is 7.07. The molecule has 1 saturated heterocycles. The summed E-state index contributed by atoms with van der Waals surface area (Å²) >= 11 is 0. The Morgan fingerprint density at radius 2 is 1.83 bits per heavy atom. The monoisotopic (exact) mass is 338 g/mol. The maximum atomic E-state index is 5.96. The van der Waals surface area contributed by atoms with Gasteiger partial charge in [0, 0.05) is 26.2 Å². The molecule has 2 aliphatic rings. The van der Waals surface area contributed by atoms with Gasteiger partial charge in [-0.15, -0.1) is 0 Å². The minimum atomic E-state index is 0.514. The molecule has 2 N–H and O–H groups in total. The van der Waals surface area contributed by atoms with E-state index in [0.29, 0.717) is 6.10 Å². The molecule has 140 valence electrons. The number of nitrogens with zero attached hydrogens (tertiary/aromatic N) is 2. The van der Waals surface area contributed by atoms with Crippen LogP contribution >= 0.6 is 0 Å². The Kier molecular flexibility index (Phi) is 10.2. The molecule has 1 aliphatic carbocycles. The van der Waals surface area contributed by atoms with Crippen LogP contribution in [0.3, 0.4) is 0 Å². The van der Waals surface area contributed by atoms with E-state index in [2.05, 4.69) is 27.4 Å². The normalized spacial score (nSPS) is 20.5. The molecule has 0 spiro atoms. The Balaban J connectivity index is 1.52. The van der Waals surface area contributed by atoms with Gasteiger partial charge >= 0.3 is 0 Å². The number of ether oxygens (including phenoxy) is 1. The van der Waals surface area contributed by atoms with E-state index >= 15 is 0 Å². The van der Waals surface area contributed by atoms with Crippen molar-refractivity contribution >= 4 is 5.96 Å². The van der Waals surface area contributed by atoms with Gasteiger partial charge in [-0.1, -0.05) is 19.3 Å². The molecule has 5 nitrogen and oxygen atoms in total. The van der Waals surface area contributed by atoms with Gasteiger partial charge < -0.3 is 20.3 Å². The zero-order chi connectivity index (χ0) is 16.9. The number of guanidine groups is 1. The highest BCUT2D eigenvalue weighted by atomic mass is 16.5. The van der Waals surface area contributed by atoms with Crippen LogP contribution in [0.25, 0.3) is 0 Å². The second-order valence-electron chi connectivity index (χ2n) is 7.07. The highest BCUT2D eigenvalue weighted by Crippen LogP contribution is 2.20. The largest absolute Gasteiger partial charge is 0.378 e. The summed E-state index contributed by atoms with van der Waals surface area (Å²) in [6.45, 7) is 9.51. The fourth-order valence-corrected chi connectivity index (χ4v) is 3.59. The van der Waals surface area contributed by atoms with Crippen LogP contribution in [0, 0.1) is 0 Å². The van der Waals surface area contributed by atoms with Gasteiger partial charge in [0.1, 0.15) is 0 Å². The molecule has 0 aromatic heterocycles. The predicted octanol–water partition coefficient (Wildman–Crippen LogP) is 2.77. The molecule has 0 bridgehead atoms. The van der Waals surface area contributed by atoms with Crippen molar-refractivity contribution in [2.45, 2.75) is 70.8 Å². The van der Waals surface area contributed by atoms with Crippen molar-refractivity contribution in [3.63, 3.8) is 0 Å². The first kappa shape index (κ1) is 19.5. The molecule has 0 aromatic carbocycles. The van der Waals surface area contributed by atoms with Gasteiger partial charge in [0.05, 0.1) is 6.10 Å². The zero-order valence-corrected chi connectivity index (χ0v) is 15.7. The third-order valence-corrected chi connectivity index (χ3v) is 4.96. The molecule has 2 fully saturated rings. The van der Waals surface area contributed by atoms with E-state index in [1.807, 2.05) is 0 Å². The highest BCUT2D eigenvalue weighted by molar-refractivity contribution is 5.79. The summed E-state index contributed by atoms with van der Waals surface area (Å²) < 4.78 is 5.96. The lowest BCUT2D eigenvalue weighted by Crippen LogP contribution is -2.38. The minimum Gasteiger partial charge on any atom is -0.378 e. The third-order valence-electron chi connectivity index (χ3n) is 4.96. The number of nitrogens with one attached hydrogen (secondary N) is 2. The van der Waals surface area contributed by atoms with Gasteiger partial charge in [-0.3, -0.25) is 4.99 Å². The molecule has 0 unspecified atom stereocenters. The zero-order valence-electron chi connectivity index (χ0n) is 15.7. The lowest BCUT2D eigenvalue weighted by atomic mass is 9.98. The lowest BCUT2D eigenvalue weighted by molar-refractivity contribution is 0.0281. The summed E-state index contributed by atoms with van der Waals surface area (Å²) in [5.41, 5.74) is 0. The van der Waals surface area contributed by atoms with Crippen LogP contribution < -0.4 is 10.6 Å². The van der Waals surface area contributed by atoms with Crippen LogP contribution in [-0.4, -0.2) is 62.8 Å². The maximum absolute atomic E-state index is 5.96. The minimum absolute atomic E-state index is 0.514. The number of rotatable bonds is 10. The second kappa shape index (κ2) is 12.5. The van der Waals surface area contributed by atoms with E-state index in [0.717, 1.165) is 38.6 Å². The summed E-state index contributed by atoms with van der Waals surface area (Å²) in [6.07, 6.45) is 12.1. The number of hydrogen-bond acceptors (Lipinski definition) is 3. The molecule has 24 heavy (non-hydrogen) atoms. The first-order valence-electron chi connectivity index (χ1n) is 10.2. The van der Waals surface area contributed by atoms with Crippen molar-refractivity contribution in [2.75, 3.05) is 45.9 Å². The van der Waals surface area contributed by atoms with Gasteiger partial charge in [-0.05, 0) is 65.1 Å². The fraction of sp³-hybridized carbons (Fsp3) is 0.947. The van der Waals surface area contributed by atoms with E-state index in [1.54, 1.807) is 0 Å². The van der Waals surface area contributed by atoms with Crippen LogP contribution in [0.4, 0.5) is 0 Å². The highest BCUT2D eigenvalue weighted by Gasteiger charge is 2.13. The summed E-state index contributed by atoms with van der Waals surface area (Å²) in [5, 5.41) is 6.79. The first-order chi connectivity index (χ1) is 11.9. The smallest absolute Gasteiger partial charge is 0.191 e. The van der Waals surface area contributed by atoms with Gasteiger partial charge in [-0.25, -0.2) is 0 Å². The average molecular weight is 339 g/mol. The van der Waals surface area contributed by atoms with E-state index < -0.39 is 0 Å². The Labute approximate surface area is 148 Å². The Hall–Kier alpha value is -0.810. The van der Waals surface area contributed by atoms with Gasteiger partial charge in [0.2, 0.25) is 0 Å². The Morgan fingerprint density at radius 1 is 1.04 bits per heavy atom.